The minimum atomic E-state index is -5.15. The number of rotatable bonds is 41. The number of hydrogen-bond acceptors (Lipinski definition) is 12. The van der Waals surface area contributed by atoms with Crippen molar-refractivity contribution in [1.29, 1.82) is 0 Å². The van der Waals surface area contributed by atoms with Crippen molar-refractivity contribution in [2.75, 3.05) is 13.2 Å². The molecule has 6 atom stereocenters. The summed E-state index contributed by atoms with van der Waals surface area (Å²) in [4.78, 5) is 35.8. The van der Waals surface area contributed by atoms with Gasteiger partial charge in [0.1, 0.15) is 43.2 Å². The fraction of sp³-hybridized carbons (Fsp3) is 0.636. The molecule has 392 valence electrons. The quantitative estimate of drug-likeness (QED) is 0.0146. The third-order valence-corrected chi connectivity index (χ3v) is 12.1. The molecule has 1 aliphatic rings. The molecule has 1 saturated carbocycles. The van der Waals surface area contributed by atoms with Gasteiger partial charge in [-0.1, -0.05) is 175 Å². The first-order valence-corrected chi connectivity index (χ1v) is 27.2. The van der Waals surface area contributed by atoms with E-state index in [9.17, 15) is 44.6 Å². The molecule has 0 saturated heterocycles. The van der Waals surface area contributed by atoms with Crippen LogP contribution >= 0.6 is 7.82 Å². The Morgan fingerprint density at radius 2 is 0.797 bits per heavy atom. The van der Waals surface area contributed by atoms with Crippen molar-refractivity contribution in [3.8, 4) is 0 Å². The van der Waals surface area contributed by atoms with E-state index < -0.39 is 75.7 Å². The molecule has 0 aromatic rings. The van der Waals surface area contributed by atoms with Crippen LogP contribution < -0.4 is 0 Å². The van der Waals surface area contributed by atoms with Gasteiger partial charge < -0.3 is 39.9 Å². The number of unbranched alkanes of at least 4 members (excludes halogenated alkanes) is 11. The van der Waals surface area contributed by atoms with Crippen molar-refractivity contribution < 1.29 is 63.1 Å². The summed E-state index contributed by atoms with van der Waals surface area (Å²) in [5.41, 5.74) is 0. The lowest BCUT2D eigenvalue weighted by Crippen LogP contribution is -2.64. The monoisotopic (exact) mass is 989 g/mol. The van der Waals surface area contributed by atoms with Gasteiger partial charge in [-0.25, -0.2) is 4.57 Å². The lowest BCUT2D eigenvalue weighted by atomic mass is 9.85. The van der Waals surface area contributed by atoms with Crippen LogP contribution in [0.15, 0.2) is 109 Å². The van der Waals surface area contributed by atoms with E-state index in [0.717, 1.165) is 89.9 Å². The second-order valence-corrected chi connectivity index (χ2v) is 18.7. The molecule has 6 N–H and O–H groups in total. The number of aliphatic hydroxyl groups excluding tert-OH is 5. The van der Waals surface area contributed by atoms with Crippen LogP contribution in [0.5, 0.6) is 0 Å². The summed E-state index contributed by atoms with van der Waals surface area (Å²) in [5, 5.41) is 50.3. The molecule has 1 rings (SSSR count). The minimum Gasteiger partial charge on any atom is -0.462 e. The Morgan fingerprint density at radius 1 is 0.449 bits per heavy atom. The van der Waals surface area contributed by atoms with E-state index in [-0.39, 0.29) is 12.8 Å². The minimum absolute atomic E-state index is 0.0112. The van der Waals surface area contributed by atoms with Gasteiger partial charge in [-0.05, 0) is 89.9 Å². The lowest BCUT2D eigenvalue weighted by molar-refractivity contribution is -0.220. The number of esters is 2. The maximum Gasteiger partial charge on any atom is 0.472 e. The van der Waals surface area contributed by atoms with E-state index in [0.29, 0.717) is 19.3 Å². The van der Waals surface area contributed by atoms with Gasteiger partial charge >= 0.3 is 19.8 Å². The Hall–Kier alpha value is -3.49. The Morgan fingerprint density at radius 3 is 1.23 bits per heavy atom. The highest BCUT2D eigenvalue weighted by atomic mass is 31.2. The van der Waals surface area contributed by atoms with Crippen LogP contribution in [0.4, 0.5) is 0 Å². The second-order valence-electron chi connectivity index (χ2n) is 17.3. The molecule has 0 aromatic heterocycles. The van der Waals surface area contributed by atoms with Crippen LogP contribution in [0.25, 0.3) is 0 Å². The molecule has 14 heteroatoms. The zero-order chi connectivity index (χ0) is 50.6. The third kappa shape index (κ3) is 35.3. The van der Waals surface area contributed by atoms with Gasteiger partial charge in [0.05, 0.1) is 6.61 Å². The van der Waals surface area contributed by atoms with Crippen molar-refractivity contribution >= 4 is 19.8 Å². The van der Waals surface area contributed by atoms with Crippen molar-refractivity contribution in [1.82, 2.24) is 0 Å². The Kier molecular flexibility index (Phi) is 39.9. The zero-order valence-electron chi connectivity index (χ0n) is 41.8. The molecule has 69 heavy (non-hydrogen) atoms. The van der Waals surface area contributed by atoms with E-state index in [4.69, 9.17) is 18.5 Å². The van der Waals surface area contributed by atoms with Crippen LogP contribution in [0.3, 0.4) is 0 Å². The number of allylic oxidation sites excluding steroid dienone is 18. The van der Waals surface area contributed by atoms with Crippen LogP contribution in [-0.2, 0) is 32.7 Å². The summed E-state index contributed by atoms with van der Waals surface area (Å²) < 4.78 is 33.6. The molecule has 6 unspecified atom stereocenters. The first kappa shape index (κ1) is 63.5. The van der Waals surface area contributed by atoms with Gasteiger partial charge in [0.2, 0.25) is 0 Å². The number of hydrogen-bond donors (Lipinski definition) is 6. The van der Waals surface area contributed by atoms with Gasteiger partial charge in [0, 0.05) is 12.8 Å². The zero-order valence-corrected chi connectivity index (χ0v) is 42.7. The lowest BCUT2D eigenvalue weighted by Gasteiger charge is -2.41. The molecular formula is C55H89O13P. The maximum absolute atomic E-state index is 12.9. The van der Waals surface area contributed by atoms with E-state index in [1.54, 1.807) is 0 Å². The van der Waals surface area contributed by atoms with Crippen LogP contribution in [0.1, 0.15) is 168 Å². The Bertz CT molecular complexity index is 1610. The Labute approximate surface area is 414 Å². The molecular weight excluding hydrogens is 900 g/mol. The first-order chi connectivity index (χ1) is 33.4. The fourth-order valence-corrected chi connectivity index (χ4v) is 8.05. The topological polar surface area (TPSA) is 210 Å². The molecule has 13 nitrogen and oxygen atoms in total. The molecule has 0 heterocycles. The predicted molar refractivity (Wildman–Crippen MR) is 276 cm³/mol. The standard InChI is InChI=1S/C55H89O13P/c1-3-5-7-9-11-13-15-17-19-21-22-23-24-25-26-28-29-31-33-35-37-39-41-43-48(56)65-45-47(46-66-69(63,64)68-55-53(61)51(59)50(58)52(60)54(55)62)67-49(57)44-42-40-38-36-34-32-30-27-20-18-16-14-12-10-8-6-4-2/h5-8,11-14,17-20,22-23,30,32,36,38,47,50-55,58-62H,3-4,9-10,15-16,21,24-29,31,33-35,37,39-46H2,1-2H3,(H,63,64)/b7-5-,8-6-,13-11-,14-12-,19-17-,20-18-,23-22-,32-30-,38-36-. The molecule has 1 aliphatic carbocycles. The highest BCUT2D eigenvalue weighted by Gasteiger charge is 2.51. The number of phosphoric ester groups is 1. The molecule has 0 radical (unpaired) electrons. The van der Waals surface area contributed by atoms with Crippen LogP contribution in [0, 0.1) is 0 Å². The van der Waals surface area contributed by atoms with E-state index in [1.807, 2.05) is 12.2 Å². The summed E-state index contributed by atoms with van der Waals surface area (Å²) >= 11 is 0. The van der Waals surface area contributed by atoms with Gasteiger partial charge in [-0.3, -0.25) is 18.6 Å². The summed E-state index contributed by atoms with van der Waals surface area (Å²) in [6.45, 7) is 3.02. The smallest absolute Gasteiger partial charge is 0.462 e. The van der Waals surface area contributed by atoms with Gasteiger partial charge in [0.25, 0.3) is 0 Å². The molecule has 0 amide bonds. The van der Waals surface area contributed by atoms with Crippen LogP contribution in [-0.4, -0.2) is 98.3 Å². The summed E-state index contributed by atoms with van der Waals surface area (Å²) in [5.74, 6) is -1.18. The largest absolute Gasteiger partial charge is 0.472 e. The number of carbonyl (C=O) groups is 2. The highest BCUT2D eigenvalue weighted by Crippen LogP contribution is 2.47. The van der Waals surface area contributed by atoms with Crippen molar-refractivity contribution in [3.63, 3.8) is 0 Å². The fourth-order valence-electron chi connectivity index (χ4n) is 7.08. The van der Waals surface area contributed by atoms with E-state index >= 15 is 0 Å². The second kappa shape index (κ2) is 43.3. The number of carbonyl (C=O) groups excluding carboxylic acids is 2. The summed E-state index contributed by atoms with van der Waals surface area (Å²) in [6, 6.07) is 0. The molecule has 0 aromatic carbocycles. The molecule has 0 aliphatic heterocycles. The first-order valence-electron chi connectivity index (χ1n) is 25.7. The average Bonchev–Trinajstić information content (AvgIpc) is 3.33. The van der Waals surface area contributed by atoms with Gasteiger partial charge in [-0.2, -0.15) is 0 Å². The van der Waals surface area contributed by atoms with Gasteiger partial charge in [0.15, 0.2) is 6.10 Å². The maximum atomic E-state index is 12.9. The van der Waals surface area contributed by atoms with Crippen LogP contribution in [0.2, 0.25) is 0 Å². The average molecular weight is 989 g/mol. The van der Waals surface area contributed by atoms with E-state index in [2.05, 4.69) is 111 Å². The normalized spacial score (nSPS) is 21.8. The number of aliphatic hydroxyl groups is 5. The molecule has 0 bridgehead atoms. The Balaban J connectivity index is 2.42. The highest BCUT2D eigenvalue weighted by molar-refractivity contribution is 7.47. The van der Waals surface area contributed by atoms with E-state index in [1.165, 1.54) is 32.1 Å². The molecule has 0 spiro atoms. The van der Waals surface area contributed by atoms with Gasteiger partial charge in [-0.15, -0.1) is 0 Å². The SMILES string of the molecule is CC/C=C\C/C=C\C/C=C\C/C=C\C/C=C\CCCC(=O)OC(COC(=O)CCCCCCCCCCCC/C=C\C/C=C\C/C=C\C/C=C\CC)COP(=O)(O)OC1C(O)C(O)C(O)C(O)C1O. The van der Waals surface area contributed by atoms with Crippen molar-refractivity contribution in [2.45, 2.75) is 211 Å². The van der Waals surface area contributed by atoms with Crippen molar-refractivity contribution in [3.05, 3.63) is 109 Å². The summed E-state index contributed by atoms with van der Waals surface area (Å²) in [6.07, 6.45) is 47.1. The summed E-state index contributed by atoms with van der Waals surface area (Å²) in [7, 11) is -5.15. The van der Waals surface area contributed by atoms with Crippen molar-refractivity contribution in [2.24, 2.45) is 0 Å². The number of ether oxygens (including phenoxy) is 2. The number of phosphoric acid groups is 1. The molecule has 1 fully saturated rings. The third-order valence-electron chi connectivity index (χ3n) is 11.1. The predicted octanol–water partition coefficient (Wildman–Crippen LogP) is 11.2.